The van der Waals surface area contributed by atoms with Gasteiger partial charge in [-0.1, -0.05) is 174 Å². The van der Waals surface area contributed by atoms with Crippen molar-refractivity contribution in [2.45, 2.75) is 206 Å². The predicted octanol–water partition coefficient (Wildman–Crippen LogP) is 10.9. The van der Waals surface area contributed by atoms with Gasteiger partial charge in [0.25, 0.3) is 0 Å². The highest BCUT2D eigenvalue weighted by atomic mass is 31.2. The lowest BCUT2D eigenvalue weighted by atomic mass is 10.0. The maximum absolute atomic E-state index is 12.3. The Balaban J connectivity index is 3.92. The first-order valence-corrected chi connectivity index (χ1v) is 20.4. The van der Waals surface area contributed by atoms with Crippen molar-refractivity contribution in [1.29, 1.82) is 0 Å². The maximum Gasteiger partial charge on any atom is 0.469 e. The smallest absolute Gasteiger partial charge is 0.462 e. The zero-order valence-electron chi connectivity index (χ0n) is 29.3. The van der Waals surface area contributed by atoms with E-state index in [9.17, 15) is 14.2 Å². The van der Waals surface area contributed by atoms with Gasteiger partial charge in [0.1, 0.15) is 6.61 Å². The summed E-state index contributed by atoms with van der Waals surface area (Å²) in [6, 6.07) is 0. The summed E-state index contributed by atoms with van der Waals surface area (Å²) in [5.74, 6) is -0.872. The monoisotopic (exact) mass is 662 g/mol. The average molecular weight is 663 g/mol. The number of hydrogen-bond donors (Lipinski definition) is 2. The standard InChI is InChI=1S/C36H71O8P/c1-3-5-7-9-11-13-15-17-18-19-21-23-25-27-29-31-36(38)44-34(33-43-45(39,40)41)32-42-35(37)30-28-26-24-22-20-16-14-12-10-8-6-4-2/h34H,3-33H2,1-2H3,(H2,39,40,41)/t34-/m1/s1. The molecule has 0 unspecified atom stereocenters. The van der Waals surface area contributed by atoms with Gasteiger partial charge in [-0.2, -0.15) is 0 Å². The van der Waals surface area contributed by atoms with Crippen molar-refractivity contribution in [3.63, 3.8) is 0 Å². The van der Waals surface area contributed by atoms with Crippen LogP contribution >= 0.6 is 7.82 Å². The SMILES string of the molecule is CCCCCCCCCCCCCCCCCC(=O)O[C@H](COC(=O)CCCCCCCCCCCCCC)COP(=O)(O)O. The Morgan fingerprint density at radius 3 is 1.13 bits per heavy atom. The van der Waals surface area contributed by atoms with Gasteiger partial charge >= 0.3 is 19.8 Å². The van der Waals surface area contributed by atoms with Crippen LogP contribution in [-0.4, -0.2) is 41.0 Å². The number of unbranched alkanes of at least 4 members (excludes halogenated alkanes) is 25. The second kappa shape index (κ2) is 33.0. The zero-order valence-corrected chi connectivity index (χ0v) is 30.2. The Morgan fingerprint density at radius 2 is 0.800 bits per heavy atom. The second-order valence-electron chi connectivity index (χ2n) is 12.9. The van der Waals surface area contributed by atoms with Gasteiger partial charge in [-0.15, -0.1) is 0 Å². The average Bonchev–Trinajstić information content (AvgIpc) is 3.00. The quantitative estimate of drug-likeness (QED) is 0.0391. The zero-order chi connectivity index (χ0) is 33.3. The molecule has 9 heteroatoms. The van der Waals surface area contributed by atoms with Gasteiger partial charge in [-0.25, -0.2) is 4.57 Å². The van der Waals surface area contributed by atoms with Crippen molar-refractivity contribution in [2.75, 3.05) is 13.2 Å². The van der Waals surface area contributed by atoms with E-state index in [1.54, 1.807) is 0 Å². The molecule has 45 heavy (non-hydrogen) atoms. The molecule has 0 aliphatic carbocycles. The third-order valence-corrected chi connectivity index (χ3v) is 8.86. The molecule has 0 saturated carbocycles. The van der Waals surface area contributed by atoms with E-state index in [1.165, 1.54) is 135 Å². The first-order valence-electron chi connectivity index (χ1n) is 18.8. The first-order chi connectivity index (χ1) is 21.8. The largest absolute Gasteiger partial charge is 0.469 e. The Labute approximate surface area is 276 Å². The van der Waals surface area contributed by atoms with E-state index in [4.69, 9.17) is 19.3 Å². The van der Waals surface area contributed by atoms with Crippen molar-refractivity contribution in [2.24, 2.45) is 0 Å². The molecule has 0 aliphatic heterocycles. The number of esters is 2. The minimum atomic E-state index is -4.74. The number of carbonyl (C=O) groups is 2. The van der Waals surface area contributed by atoms with Crippen molar-refractivity contribution in [3.05, 3.63) is 0 Å². The van der Waals surface area contributed by atoms with E-state index in [0.29, 0.717) is 6.42 Å². The molecular weight excluding hydrogens is 591 g/mol. The summed E-state index contributed by atoms with van der Waals surface area (Å²) in [6.07, 6.45) is 32.5. The van der Waals surface area contributed by atoms with Crippen LogP contribution < -0.4 is 0 Å². The Kier molecular flexibility index (Phi) is 32.3. The molecule has 0 bridgehead atoms. The van der Waals surface area contributed by atoms with Crippen LogP contribution in [0.1, 0.15) is 200 Å². The third kappa shape index (κ3) is 35.7. The van der Waals surface area contributed by atoms with E-state index in [-0.39, 0.29) is 19.4 Å². The van der Waals surface area contributed by atoms with Gasteiger partial charge in [0.15, 0.2) is 6.10 Å². The molecule has 0 spiro atoms. The van der Waals surface area contributed by atoms with Crippen LogP contribution in [-0.2, 0) is 28.2 Å². The van der Waals surface area contributed by atoms with Crippen molar-refractivity contribution < 1.29 is 37.9 Å². The molecule has 0 saturated heterocycles. The highest BCUT2D eigenvalue weighted by Gasteiger charge is 2.22. The first kappa shape index (κ1) is 44.0. The van der Waals surface area contributed by atoms with Gasteiger partial charge in [0, 0.05) is 12.8 Å². The molecule has 0 fully saturated rings. The lowest BCUT2D eigenvalue weighted by Gasteiger charge is -2.18. The summed E-state index contributed by atoms with van der Waals surface area (Å²) < 4.78 is 26.3. The molecule has 0 rings (SSSR count). The van der Waals surface area contributed by atoms with Gasteiger partial charge in [-0.3, -0.25) is 14.1 Å². The van der Waals surface area contributed by atoms with Crippen LogP contribution in [0.2, 0.25) is 0 Å². The van der Waals surface area contributed by atoms with Crippen molar-refractivity contribution in [3.8, 4) is 0 Å². The van der Waals surface area contributed by atoms with E-state index in [0.717, 1.165) is 32.1 Å². The molecule has 0 amide bonds. The molecule has 0 aromatic carbocycles. The summed E-state index contributed by atoms with van der Waals surface area (Å²) in [5.41, 5.74) is 0. The number of phosphoric ester groups is 1. The van der Waals surface area contributed by atoms with Crippen molar-refractivity contribution >= 4 is 19.8 Å². The lowest BCUT2D eigenvalue weighted by Crippen LogP contribution is -2.29. The molecule has 0 aliphatic rings. The van der Waals surface area contributed by atoms with Gasteiger partial charge in [0.05, 0.1) is 6.61 Å². The molecule has 0 aromatic rings. The normalized spacial score (nSPS) is 12.4. The minimum Gasteiger partial charge on any atom is -0.462 e. The molecule has 8 nitrogen and oxygen atoms in total. The third-order valence-electron chi connectivity index (χ3n) is 8.38. The number of hydrogen-bond acceptors (Lipinski definition) is 6. The summed E-state index contributed by atoms with van der Waals surface area (Å²) in [6.45, 7) is 3.69. The summed E-state index contributed by atoms with van der Waals surface area (Å²) >= 11 is 0. The number of rotatable bonds is 35. The molecule has 0 radical (unpaired) electrons. The van der Waals surface area contributed by atoms with Gasteiger partial charge in [0.2, 0.25) is 0 Å². The molecule has 1 atom stereocenters. The van der Waals surface area contributed by atoms with Crippen LogP contribution in [0.4, 0.5) is 0 Å². The van der Waals surface area contributed by atoms with Crippen LogP contribution in [0.3, 0.4) is 0 Å². The fourth-order valence-electron chi connectivity index (χ4n) is 5.55. The summed E-state index contributed by atoms with van der Waals surface area (Å²) in [4.78, 5) is 42.6. The molecule has 2 N–H and O–H groups in total. The van der Waals surface area contributed by atoms with Crippen molar-refractivity contribution in [1.82, 2.24) is 0 Å². The Bertz CT molecular complexity index is 711. The van der Waals surface area contributed by atoms with Gasteiger partial charge in [-0.05, 0) is 12.8 Å². The topological polar surface area (TPSA) is 119 Å². The molecule has 268 valence electrons. The lowest BCUT2D eigenvalue weighted by molar-refractivity contribution is -0.161. The number of phosphoric acid groups is 1. The number of ether oxygens (including phenoxy) is 2. The summed E-state index contributed by atoms with van der Waals surface area (Å²) in [5, 5.41) is 0. The van der Waals surface area contributed by atoms with E-state index in [2.05, 4.69) is 18.4 Å². The highest BCUT2D eigenvalue weighted by molar-refractivity contribution is 7.46. The van der Waals surface area contributed by atoms with E-state index < -0.39 is 32.5 Å². The number of carbonyl (C=O) groups excluding carboxylic acids is 2. The molecular formula is C36H71O8P. The molecule has 0 heterocycles. The maximum atomic E-state index is 12.3. The summed E-state index contributed by atoms with van der Waals surface area (Å²) in [7, 11) is -4.74. The van der Waals surface area contributed by atoms with E-state index >= 15 is 0 Å². The van der Waals surface area contributed by atoms with E-state index in [1.807, 2.05) is 0 Å². The van der Waals surface area contributed by atoms with Crippen LogP contribution in [0.5, 0.6) is 0 Å². The Morgan fingerprint density at radius 1 is 0.489 bits per heavy atom. The van der Waals surface area contributed by atoms with Crippen LogP contribution in [0, 0.1) is 0 Å². The fourth-order valence-corrected chi connectivity index (χ4v) is 5.91. The van der Waals surface area contributed by atoms with Crippen LogP contribution in [0.25, 0.3) is 0 Å². The second-order valence-corrected chi connectivity index (χ2v) is 14.2. The molecule has 0 aromatic heterocycles. The van der Waals surface area contributed by atoms with Crippen LogP contribution in [0.15, 0.2) is 0 Å². The predicted molar refractivity (Wildman–Crippen MR) is 184 cm³/mol. The minimum absolute atomic E-state index is 0.220. The Hall–Kier alpha value is -0.950. The highest BCUT2D eigenvalue weighted by Crippen LogP contribution is 2.36. The van der Waals surface area contributed by atoms with Gasteiger partial charge < -0.3 is 19.3 Å². The fraction of sp³-hybridized carbons (Fsp3) is 0.944.